The minimum Gasteiger partial charge on any atom is -0.488 e. The number of primary amides is 2. The van der Waals surface area contributed by atoms with Crippen LogP contribution in [0.15, 0.2) is 30.3 Å². The van der Waals surface area contributed by atoms with Crippen LogP contribution in [0.4, 0.5) is 10.1 Å². The van der Waals surface area contributed by atoms with E-state index in [0.717, 1.165) is 29.7 Å². The van der Waals surface area contributed by atoms with Crippen LogP contribution in [0.1, 0.15) is 68.1 Å². The van der Waals surface area contributed by atoms with Gasteiger partial charge in [-0.3, -0.25) is 24.1 Å². The first-order valence-electron chi connectivity index (χ1n) is 14.0. The highest BCUT2D eigenvalue weighted by atomic mass is 35.5. The van der Waals surface area contributed by atoms with Crippen molar-refractivity contribution in [2.24, 2.45) is 11.5 Å². The zero-order valence-corrected chi connectivity index (χ0v) is 23.7. The number of ether oxygens (including phenoxy) is 1. The molecule has 2 aliphatic heterocycles. The summed E-state index contributed by atoms with van der Waals surface area (Å²) in [5, 5.41) is 3.21. The average molecular weight is 587 g/mol. The van der Waals surface area contributed by atoms with Crippen LogP contribution in [-0.4, -0.2) is 42.3 Å². The van der Waals surface area contributed by atoms with E-state index in [2.05, 4.69) is 5.32 Å². The number of hydrogen-bond donors (Lipinski definition) is 3. The number of nitrogens with zero attached hydrogens (tertiary/aromatic N) is 1. The molecule has 0 saturated carbocycles. The van der Waals surface area contributed by atoms with E-state index in [0.29, 0.717) is 49.1 Å². The van der Waals surface area contributed by atoms with E-state index in [1.807, 2.05) is 18.2 Å². The molecule has 0 aliphatic carbocycles. The molecule has 0 saturated heterocycles. The molecule has 2 aromatic carbocycles. The fourth-order valence-corrected chi connectivity index (χ4v) is 5.76. The van der Waals surface area contributed by atoms with E-state index in [1.54, 1.807) is 4.90 Å². The highest BCUT2D eigenvalue weighted by Crippen LogP contribution is 2.39. The average Bonchev–Trinajstić information content (AvgIpc) is 3.24. The fourth-order valence-electron chi connectivity index (χ4n) is 5.53. The van der Waals surface area contributed by atoms with Gasteiger partial charge in [0.15, 0.2) is 11.6 Å². The number of benzene rings is 2. The summed E-state index contributed by atoms with van der Waals surface area (Å²) in [4.78, 5) is 50.6. The van der Waals surface area contributed by atoms with Crippen LogP contribution in [0.5, 0.6) is 5.75 Å². The minimum absolute atomic E-state index is 0.0133. The Balaban J connectivity index is 1.44. The van der Waals surface area contributed by atoms with Gasteiger partial charge >= 0.3 is 0 Å². The van der Waals surface area contributed by atoms with Crippen molar-refractivity contribution in [2.45, 2.75) is 82.7 Å². The molecule has 2 atom stereocenters. The Labute approximate surface area is 243 Å². The van der Waals surface area contributed by atoms with Crippen molar-refractivity contribution in [3.63, 3.8) is 0 Å². The quantitative estimate of drug-likeness (QED) is 0.290. The summed E-state index contributed by atoms with van der Waals surface area (Å²) < 4.78 is 21.1. The van der Waals surface area contributed by atoms with E-state index in [-0.39, 0.29) is 49.3 Å². The number of nitrogens with two attached hydrogens (primary N) is 2. The monoisotopic (exact) mass is 586 g/mol. The highest BCUT2D eigenvalue weighted by Gasteiger charge is 2.41. The Morgan fingerprint density at radius 3 is 2.59 bits per heavy atom. The Kier molecular flexibility index (Phi) is 10.2. The fraction of sp³-hybridized carbons (Fsp3) is 0.467. The molecule has 4 amide bonds. The van der Waals surface area contributed by atoms with Gasteiger partial charge in [-0.05, 0) is 61.3 Å². The van der Waals surface area contributed by atoms with Gasteiger partial charge in [-0.1, -0.05) is 36.2 Å². The number of hydrogen-bond acceptors (Lipinski definition) is 5. The second-order valence-electron chi connectivity index (χ2n) is 10.7. The maximum atomic E-state index is 15.3. The second-order valence-corrected chi connectivity index (χ2v) is 11.1. The summed E-state index contributed by atoms with van der Waals surface area (Å²) in [6.07, 6.45) is 5.05. The lowest BCUT2D eigenvalue weighted by Crippen LogP contribution is -2.51. The molecular weight excluding hydrogens is 551 g/mol. The van der Waals surface area contributed by atoms with Crippen molar-refractivity contribution < 1.29 is 28.3 Å². The van der Waals surface area contributed by atoms with Crippen LogP contribution < -0.4 is 26.4 Å². The van der Waals surface area contributed by atoms with Crippen molar-refractivity contribution >= 4 is 40.9 Å². The Hall–Kier alpha value is -3.66. The summed E-state index contributed by atoms with van der Waals surface area (Å²) in [6, 6.07) is 7.37. The number of rotatable bonds is 14. The van der Waals surface area contributed by atoms with Gasteiger partial charge in [0.2, 0.25) is 23.6 Å². The van der Waals surface area contributed by atoms with Crippen LogP contribution in [0.25, 0.3) is 0 Å². The summed E-state index contributed by atoms with van der Waals surface area (Å²) in [6.45, 7) is -0.132. The van der Waals surface area contributed by atoms with E-state index in [1.165, 1.54) is 12.1 Å². The number of para-hydroxylation sites is 1. The number of unbranched alkanes of at least 4 members (excludes halogenated alkanes) is 2. The lowest BCUT2D eigenvalue weighted by molar-refractivity contribution is -0.127. The lowest BCUT2D eigenvalue weighted by atomic mass is 10.0. The van der Waals surface area contributed by atoms with Crippen LogP contribution in [0.3, 0.4) is 0 Å². The lowest BCUT2D eigenvalue weighted by Gasteiger charge is -2.27. The van der Waals surface area contributed by atoms with Gasteiger partial charge in [0.25, 0.3) is 0 Å². The molecule has 11 heteroatoms. The molecule has 5 N–H and O–H groups in total. The van der Waals surface area contributed by atoms with Gasteiger partial charge in [0, 0.05) is 36.8 Å². The number of anilines is 1. The molecule has 9 nitrogen and oxygen atoms in total. The Morgan fingerprint density at radius 1 is 1.07 bits per heavy atom. The molecule has 0 aromatic heterocycles. The zero-order valence-electron chi connectivity index (χ0n) is 22.9. The molecule has 0 spiro atoms. The topological polar surface area (TPSA) is 145 Å². The largest absolute Gasteiger partial charge is 0.488 e. The first kappa shape index (κ1) is 30.3. The predicted octanol–water partition coefficient (Wildman–Crippen LogP) is 3.49. The number of nitrogens with one attached hydrogen (secondary N) is 1. The van der Waals surface area contributed by atoms with Crippen LogP contribution in [0.2, 0.25) is 5.02 Å². The second kappa shape index (κ2) is 13.8. The van der Waals surface area contributed by atoms with Crippen molar-refractivity contribution in [1.82, 2.24) is 5.32 Å². The van der Waals surface area contributed by atoms with Crippen molar-refractivity contribution in [2.75, 3.05) is 11.5 Å². The molecular formula is C30H36ClFN4O5. The van der Waals surface area contributed by atoms with Gasteiger partial charge in [0.1, 0.15) is 12.6 Å². The summed E-state index contributed by atoms with van der Waals surface area (Å²) in [5.74, 6) is -2.00. The first-order chi connectivity index (χ1) is 19.6. The highest BCUT2D eigenvalue weighted by molar-refractivity contribution is 6.30. The number of halogens is 2. The predicted molar refractivity (Wildman–Crippen MR) is 153 cm³/mol. The summed E-state index contributed by atoms with van der Waals surface area (Å²) in [5.41, 5.74) is 13.7. The molecule has 0 fully saturated rings. The van der Waals surface area contributed by atoms with E-state index in [9.17, 15) is 19.2 Å². The van der Waals surface area contributed by atoms with E-state index in [4.69, 9.17) is 27.8 Å². The number of amides is 4. The first-order valence-corrected chi connectivity index (χ1v) is 14.4. The number of carbonyl (C=O) groups is 4. The maximum Gasteiger partial charge on any atom is 0.243 e. The third-order valence-electron chi connectivity index (χ3n) is 7.55. The van der Waals surface area contributed by atoms with Gasteiger partial charge in [0.05, 0.1) is 11.7 Å². The normalized spacial score (nSPS) is 16.6. The van der Waals surface area contributed by atoms with Crippen LogP contribution >= 0.6 is 11.6 Å². The SMILES string of the molecule is NC(=O)CCCCCc1cc(Cl)cc(OC[C@H](CCC(N)=O)NC(=O)[C@@H]2Cc3cccc4c3N2C(=O)CCC4)c1F. The standard InChI is InChI=1S/C30H36ClFN4O5/c31-21-14-19(6-2-1-3-10-25(33)37)28(32)24(16-21)41-17-22(12-13-26(34)38)35-30(40)23-15-20-9-4-7-18-8-5-11-27(39)36(23)29(18)20/h4,7,9,14,16,22-23H,1-3,5-6,8,10-13,15,17H2,(H2,33,37)(H2,34,38)(H,35,40)/t22-,23-/m0/s1. The van der Waals surface area contributed by atoms with Crippen molar-refractivity contribution in [3.8, 4) is 5.75 Å². The molecule has 2 aliphatic rings. The van der Waals surface area contributed by atoms with E-state index >= 15 is 4.39 Å². The molecule has 4 rings (SSSR count). The number of aryl methyl sites for hydroxylation is 2. The van der Waals surface area contributed by atoms with Crippen LogP contribution in [0, 0.1) is 5.82 Å². The summed E-state index contributed by atoms with van der Waals surface area (Å²) in [7, 11) is 0. The van der Waals surface area contributed by atoms with Gasteiger partial charge in [-0.25, -0.2) is 4.39 Å². The maximum absolute atomic E-state index is 15.3. The molecule has 2 heterocycles. The summed E-state index contributed by atoms with van der Waals surface area (Å²) >= 11 is 6.24. The molecule has 2 aromatic rings. The molecule has 41 heavy (non-hydrogen) atoms. The van der Waals surface area contributed by atoms with Gasteiger partial charge in [-0.2, -0.15) is 0 Å². The molecule has 220 valence electrons. The zero-order chi connectivity index (χ0) is 29.5. The van der Waals surface area contributed by atoms with Crippen molar-refractivity contribution in [1.29, 1.82) is 0 Å². The van der Waals surface area contributed by atoms with Gasteiger partial charge in [-0.15, -0.1) is 0 Å². The molecule has 0 bridgehead atoms. The number of carbonyl (C=O) groups excluding carboxylic acids is 4. The third kappa shape index (κ3) is 7.75. The van der Waals surface area contributed by atoms with E-state index < -0.39 is 23.8 Å². The third-order valence-corrected chi connectivity index (χ3v) is 7.77. The van der Waals surface area contributed by atoms with Gasteiger partial charge < -0.3 is 21.5 Å². The van der Waals surface area contributed by atoms with Crippen LogP contribution in [-0.2, 0) is 38.4 Å². The molecule has 0 radical (unpaired) electrons. The Morgan fingerprint density at radius 2 is 1.83 bits per heavy atom. The Bertz CT molecular complexity index is 1320. The molecule has 0 unspecified atom stereocenters. The smallest absolute Gasteiger partial charge is 0.243 e. The minimum atomic E-state index is -0.725. The van der Waals surface area contributed by atoms with Crippen molar-refractivity contribution in [3.05, 3.63) is 57.9 Å².